The number of nitrogens with one attached hydrogen (secondary N) is 2. The summed E-state index contributed by atoms with van der Waals surface area (Å²) in [6.45, 7) is 6.41. The first-order valence-electron chi connectivity index (χ1n) is 5.35. The second-order valence-corrected chi connectivity index (χ2v) is 3.56. The Morgan fingerprint density at radius 2 is 1.86 bits per heavy atom. The Kier molecular flexibility index (Phi) is 5.08. The quantitative estimate of drug-likeness (QED) is 0.677. The van der Waals surface area contributed by atoms with Crippen LogP contribution in [-0.4, -0.2) is 19.1 Å². The first-order chi connectivity index (χ1) is 6.83. The second-order valence-electron chi connectivity index (χ2n) is 3.56. The molecule has 0 radical (unpaired) electrons. The van der Waals surface area contributed by atoms with E-state index in [9.17, 15) is 0 Å². The maximum absolute atomic E-state index is 3.44. The van der Waals surface area contributed by atoms with Gasteiger partial charge in [-0.2, -0.15) is 0 Å². The third-order valence-electron chi connectivity index (χ3n) is 2.33. The van der Waals surface area contributed by atoms with Crippen LogP contribution < -0.4 is 10.6 Å². The van der Waals surface area contributed by atoms with Crippen molar-refractivity contribution in [3.63, 3.8) is 0 Å². The molecule has 2 N–H and O–H groups in total. The Morgan fingerprint density at radius 3 is 2.50 bits per heavy atom. The van der Waals surface area contributed by atoms with Gasteiger partial charge in [-0.05, 0) is 25.5 Å². The molecule has 1 atom stereocenters. The van der Waals surface area contributed by atoms with E-state index in [2.05, 4.69) is 36.6 Å². The summed E-state index contributed by atoms with van der Waals surface area (Å²) in [6, 6.07) is 10.9. The first-order valence-corrected chi connectivity index (χ1v) is 5.35. The largest absolute Gasteiger partial charge is 0.384 e. The van der Waals surface area contributed by atoms with E-state index >= 15 is 0 Å². The Balaban J connectivity index is 2.10. The molecule has 2 heteroatoms. The number of benzene rings is 1. The lowest BCUT2D eigenvalue weighted by molar-refractivity contribution is 0.546. The van der Waals surface area contributed by atoms with Gasteiger partial charge in [-0.25, -0.2) is 0 Å². The molecule has 0 saturated heterocycles. The highest BCUT2D eigenvalue weighted by molar-refractivity contribution is 5.42. The lowest BCUT2D eigenvalue weighted by atomic mass is 10.2. The van der Waals surface area contributed by atoms with Crippen molar-refractivity contribution in [3.05, 3.63) is 30.3 Å². The molecule has 0 aromatic heterocycles. The molecule has 0 aliphatic heterocycles. The van der Waals surface area contributed by atoms with Crippen LogP contribution in [0.5, 0.6) is 0 Å². The van der Waals surface area contributed by atoms with Gasteiger partial charge >= 0.3 is 0 Å². The van der Waals surface area contributed by atoms with Crippen LogP contribution in [0, 0.1) is 0 Å². The van der Waals surface area contributed by atoms with Gasteiger partial charge in [-0.3, -0.25) is 0 Å². The van der Waals surface area contributed by atoms with Crippen molar-refractivity contribution in [2.45, 2.75) is 26.3 Å². The van der Waals surface area contributed by atoms with Crippen LogP contribution in [0.1, 0.15) is 20.3 Å². The molecule has 0 aliphatic rings. The lowest BCUT2D eigenvalue weighted by Gasteiger charge is -2.12. The molecule has 0 spiro atoms. The fourth-order valence-corrected chi connectivity index (χ4v) is 1.23. The molecule has 1 unspecified atom stereocenters. The first kappa shape index (κ1) is 11.1. The Morgan fingerprint density at radius 1 is 1.14 bits per heavy atom. The van der Waals surface area contributed by atoms with Gasteiger partial charge in [-0.1, -0.05) is 25.1 Å². The molecule has 78 valence electrons. The van der Waals surface area contributed by atoms with E-state index in [4.69, 9.17) is 0 Å². The SMILES string of the molecule is CCC(C)NCCNc1ccccc1. The minimum Gasteiger partial charge on any atom is -0.384 e. The third-order valence-corrected chi connectivity index (χ3v) is 2.33. The van der Waals surface area contributed by atoms with Gasteiger partial charge in [0.05, 0.1) is 0 Å². The van der Waals surface area contributed by atoms with E-state index in [0.29, 0.717) is 6.04 Å². The van der Waals surface area contributed by atoms with Crippen LogP contribution in [0.25, 0.3) is 0 Å². The average molecular weight is 192 g/mol. The zero-order valence-corrected chi connectivity index (χ0v) is 9.09. The van der Waals surface area contributed by atoms with Crippen molar-refractivity contribution >= 4 is 5.69 Å². The van der Waals surface area contributed by atoms with E-state index in [1.807, 2.05) is 18.2 Å². The molecule has 0 amide bonds. The van der Waals surface area contributed by atoms with Crippen LogP contribution >= 0.6 is 0 Å². The summed E-state index contributed by atoms with van der Waals surface area (Å²) in [5.41, 5.74) is 1.19. The van der Waals surface area contributed by atoms with Crippen molar-refractivity contribution < 1.29 is 0 Å². The van der Waals surface area contributed by atoms with Crippen LogP contribution in [0.3, 0.4) is 0 Å². The highest BCUT2D eigenvalue weighted by Gasteiger charge is 1.95. The molecular weight excluding hydrogens is 172 g/mol. The summed E-state index contributed by atoms with van der Waals surface area (Å²) < 4.78 is 0. The van der Waals surface area contributed by atoms with Gasteiger partial charge < -0.3 is 10.6 Å². The topological polar surface area (TPSA) is 24.1 Å². The van der Waals surface area contributed by atoms with E-state index in [0.717, 1.165) is 13.1 Å². The van der Waals surface area contributed by atoms with Crippen LogP contribution in [0.2, 0.25) is 0 Å². The van der Waals surface area contributed by atoms with Gasteiger partial charge in [0.1, 0.15) is 0 Å². The normalized spacial score (nSPS) is 12.4. The molecular formula is C12H20N2. The fourth-order valence-electron chi connectivity index (χ4n) is 1.23. The van der Waals surface area contributed by atoms with Gasteiger partial charge in [0, 0.05) is 24.8 Å². The number of hydrogen-bond donors (Lipinski definition) is 2. The molecule has 0 bridgehead atoms. The molecule has 1 aromatic rings. The van der Waals surface area contributed by atoms with Crippen molar-refractivity contribution in [1.29, 1.82) is 0 Å². The average Bonchev–Trinajstić information content (AvgIpc) is 2.25. The minimum atomic E-state index is 0.618. The maximum atomic E-state index is 3.44. The van der Waals surface area contributed by atoms with E-state index in [1.165, 1.54) is 12.1 Å². The van der Waals surface area contributed by atoms with Crippen molar-refractivity contribution in [2.75, 3.05) is 18.4 Å². The summed E-state index contributed by atoms with van der Waals surface area (Å²) in [6.07, 6.45) is 1.19. The van der Waals surface area contributed by atoms with Crippen LogP contribution in [0.15, 0.2) is 30.3 Å². The fraction of sp³-hybridized carbons (Fsp3) is 0.500. The van der Waals surface area contributed by atoms with Crippen molar-refractivity contribution in [1.82, 2.24) is 5.32 Å². The Bertz CT molecular complexity index is 233. The minimum absolute atomic E-state index is 0.618. The highest BCUT2D eigenvalue weighted by atomic mass is 15.0. The zero-order valence-electron chi connectivity index (χ0n) is 9.09. The lowest BCUT2D eigenvalue weighted by Crippen LogP contribution is -2.30. The Hall–Kier alpha value is -1.02. The van der Waals surface area contributed by atoms with E-state index in [-0.39, 0.29) is 0 Å². The van der Waals surface area contributed by atoms with Gasteiger partial charge in [0.2, 0.25) is 0 Å². The third kappa shape index (κ3) is 4.28. The number of anilines is 1. The maximum Gasteiger partial charge on any atom is 0.0340 e. The number of rotatable bonds is 6. The molecule has 0 saturated carbocycles. The molecule has 0 fully saturated rings. The zero-order chi connectivity index (χ0) is 10.2. The highest BCUT2D eigenvalue weighted by Crippen LogP contribution is 2.03. The van der Waals surface area contributed by atoms with E-state index < -0.39 is 0 Å². The smallest absolute Gasteiger partial charge is 0.0340 e. The summed E-state index contributed by atoms with van der Waals surface area (Å²) in [5.74, 6) is 0. The van der Waals surface area contributed by atoms with Gasteiger partial charge in [0.15, 0.2) is 0 Å². The number of hydrogen-bond acceptors (Lipinski definition) is 2. The predicted molar refractivity (Wildman–Crippen MR) is 62.7 cm³/mol. The monoisotopic (exact) mass is 192 g/mol. The molecule has 0 heterocycles. The molecule has 1 rings (SSSR count). The van der Waals surface area contributed by atoms with Crippen LogP contribution in [-0.2, 0) is 0 Å². The van der Waals surface area contributed by atoms with Gasteiger partial charge in [-0.15, -0.1) is 0 Å². The summed E-state index contributed by atoms with van der Waals surface area (Å²) >= 11 is 0. The molecule has 2 nitrogen and oxygen atoms in total. The predicted octanol–water partition coefficient (Wildman–Crippen LogP) is 2.49. The summed E-state index contributed by atoms with van der Waals surface area (Å²) in [5, 5.41) is 6.80. The molecule has 1 aromatic carbocycles. The summed E-state index contributed by atoms with van der Waals surface area (Å²) in [4.78, 5) is 0. The van der Waals surface area contributed by atoms with Crippen molar-refractivity contribution in [3.8, 4) is 0 Å². The second kappa shape index (κ2) is 6.44. The van der Waals surface area contributed by atoms with E-state index in [1.54, 1.807) is 0 Å². The van der Waals surface area contributed by atoms with Crippen LogP contribution in [0.4, 0.5) is 5.69 Å². The molecule has 14 heavy (non-hydrogen) atoms. The van der Waals surface area contributed by atoms with Crippen molar-refractivity contribution in [2.24, 2.45) is 0 Å². The summed E-state index contributed by atoms with van der Waals surface area (Å²) in [7, 11) is 0. The Labute approximate surface area is 86.7 Å². The van der Waals surface area contributed by atoms with Gasteiger partial charge in [0.25, 0.3) is 0 Å². The number of para-hydroxylation sites is 1. The molecule has 0 aliphatic carbocycles. The standard InChI is InChI=1S/C12H20N2/c1-3-11(2)13-9-10-14-12-7-5-4-6-8-12/h4-8,11,13-14H,3,9-10H2,1-2H3.